The molecule has 1 aliphatic carbocycles. The topological polar surface area (TPSA) is 118 Å². The molecular weight excluding hydrogens is 408 g/mol. The third kappa shape index (κ3) is 4.27. The summed E-state index contributed by atoms with van der Waals surface area (Å²) in [7, 11) is 1.19. The minimum absolute atomic E-state index is 0.00851. The maximum Gasteiger partial charge on any atom is 0.337 e. The van der Waals surface area contributed by atoms with Crippen LogP contribution in [0.2, 0.25) is 0 Å². The first-order valence-electron chi connectivity index (χ1n) is 9.90. The molecule has 0 aromatic rings. The van der Waals surface area contributed by atoms with Gasteiger partial charge in [-0.1, -0.05) is 19.2 Å². The molecule has 0 spiro atoms. The van der Waals surface area contributed by atoms with E-state index >= 15 is 0 Å². The number of esters is 4. The van der Waals surface area contributed by atoms with Gasteiger partial charge in [-0.3, -0.25) is 4.79 Å². The van der Waals surface area contributed by atoms with E-state index in [-0.39, 0.29) is 16.7 Å². The summed E-state index contributed by atoms with van der Waals surface area (Å²) in [6.07, 6.45) is -1.45. The van der Waals surface area contributed by atoms with Crippen LogP contribution in [0.4, 0.5) is 0 Å². The lowest BCUT2D eigenvalue weighted by Crippen LogP contribution is -2.48. The van der Waals surface area contributed by atoms with Gasteiger partial charge >= 0.3 is 23.9 Å². The minimum atomic E-state index is -1.35. The number of fused-ring (bicyclic) bond motifs is 3. The molecular formula is C22H26O9. The van der Waals surface area contributed by atoms with Crippen LogP contribution < -0.4 is 0 Å². The van der Waals surface area contributed by atoms with Gasteiger partial charge in [0, 0.05) is 18.1 Å². The Hall–Kier alpha value is -2.94. The Balaban J connectivity index is 2.17. The molecule has 0 amide bonds. The summed E-state index contributed by atoms with van der Waals surface area (Å²) < 4.78 is 27.4. The van der Waals surface area contributed by atoms with Gasteiger partial charge < -0.3 is 23.7 Å². The summed E-state index contributed by atoms with van der Waals surface area (Å²) in [5, 5.41) is 0. The van der Waals surface area contributed by atoms with Gasteiger partial charge in [0.2, 0.25) is 0 Å². The summed E-state index contributed by atoms with van der Waals surface area (Å²) in [6.45, 7) is 11.9. The number of ether oxygens (including phenoxy) is 5. The molecule has 3 rings (SSSR count). The third-order valence-electron chi connectivity index (χ3n) is 5.77. The Kier molecular flexibility index (Phi) is 6.09. The van der Waals surface area contributed by atoms with Gasteiger partial charge in [-0.05, 0) is 26.7 Å². The van der Waals surface area contributed by atoms with Crippen LogP contribution in [-0.2, 0) is 42.9 Å². The Morgan fingerprint density at radius 1 is 1.23 bits per heavy atom. The molecule has 31 heavy (non-hydrogen) atoms. The number of rotatable bonds is 4. The van der Waals surface area contributed by atoms with Crippen molar-refractivity contribution in [2.75, 3.05) is 7.11 Å². The molecule has 0 aromatic heterocycles. The van der Waals surface area contributed by atoms with Crippen LogP contribution in [0.5, 0.6) is 0 Å². The number of carbonyl (C=O) groups is 4. The van der Waals surface area contributed by atoms with Gasteiger partial charge in [0.25, 0.3) is 0 Å². The summed E-state index contributed by atoms with van der Waals surface area (Å²) in [5.41, 5.74) is -0.486. The SMILES string of the molecule is C=C(C)C(=O)O[C@@H]1[C@@H]2C(=C)C(=O)O[C@@H]2[C@H]2O[C@]2(C)CC/C=C(/C(=O)OC)[C@H]1OC(C)=O. The monoisotopic (exact) mass is 434 g/mol. The summed E-state index contributed by atoms with van der Waals surface area (Å²) >= 11 is 0. The van der Waals surface area contributed by atoms with Crippen LogP contribution in [0, 0.1) is 5.92 Å². The molecule has 6 atom stereocenters. The Labute approximate surface area is 180 Å². The molecule has 0 aromatic carbocycles. The van der Waals surface area contributed by atoms with Gasteiger partial charge in [0.1, 0.15) is 12.2 Å². The van der Waals surface area contributed by atoms with E-state index in [4.69, 9.17) is 23.7 Å². The van der Waals surface area contributed by atoms with Crippen molar-refractivity contribution >= 4 is 23.9 Å². The van der Waals surface area contributed by atoms with Gasteiger partial charge in [-0.2, -0.15) is 0 Å². The van der Waals surface area contributed by atoms with Gasteiger partial charge in [0.15, 0.2) is 12.2 Å². The highest BCUT2D eigenvalue weighted by atomic mass is 16.7. The lowest BCUT2D eigenvalue weighted by atomic mass is 9.80. The highest BCUT2D eigenvalue weighted by molar-refractivity contribution is 5.93. The summed E-state index contributed by atoms with van der Waals surface area (Å²) in [5.74, 6) is -3.84. The molecule has 0 saturated carbocycles. The Bertz CT molecular complexity index is 885. The molecule has 168 valence electrons. The molecule has 0 unspecified atom stereocenters. The molecule has 0 bridgehead atoms. The van der Waals surface area contributed by atoms with Crippen LogP contribution in [0.25, 0.3) is 0 Å². The first-order valence-corrected chi connectivity index (χ1v) is 9.90. The fourth-order valence-corrected chi connectivity index (χ4v) is 4.10. The number of methoxy groups -OCH3 is 1. The molecule has 2 saturated heterocycles. The normalized spacial score (nSPS) is 36.0. The highest BCUT2D eigenvalue weighted by Gasteiger charge is 2.64. The standard InChI is InChI=1S/C22H26O9/c1-10(2)19(24)29-16-14-11(3)20(25)30-17(14)18-22(5,31-18)9-7-8-13(21(26)27-6)15(16)28-12(4)23/h8,14-18H,1,3,7,9H2,2,4-6H3/b13-8+/t14-,15+,16+,17-,18+,22+/m0/s1. The second-order valence-electron chi connectivity index (χ2n) is 8.14. The lowest BCUT2D eigenvalue weighted by molar-refractivity contribution is -0.168. The molecule has 9 nitrogen and oxygen atoms in total. The van der Waals surface area contributed by atoms with E-state index in [1.165, 1.54) is 14.0 Å². The first-order chi connectivity index (χ1) is 14.5. The average molecular weight is 434 g/mol. The van der Waals surface area contributed by atoms with Crippen molar-refractivity contribution in [2.45, 2.75) is 63.6 Å². The van der Waals surface area contributed by atoms with Crippen molar-refractivity contribution in [3.05, 3.63) is 36.0 Å². The van der Waals surface area contributed by atoms with E-state index in [9.17, 15) is 19.2 Å². The predicted molar refractivity (Wildman–Crippen MR) is 105 cm³/mol. The molecule has 2 heterocycles. The van der Waals surface area contributed by atoms with Crippen LogP contribution >= 0.6 is 0 Å². The van der Waals surface area contributed by atoms with E-state index < -0.39 is 59.8 Å². The van der Waals surface area contributed by atoms with Crippen molar-refractivity contribution < 1.29 is 42.9 Å². The van der Waals surface area contributed by atoms with Gasteiger partial charge in [-0.25, -0.2) is 14.4 Å². The van der Waals surface area contributed by atoms with E-state index in [0.29, 0.717) is 12.8 Å². The second kappa shape index (κ2) is 8.30. The van der Waals surface area contributed by atoms with Crippen molar-refractivity contribution in [3.63, 3.8) is 0 Å². The number of hydrogen-bond acceptors (Lipinski definition) is 9. The fraction of sp³-hybridized carbons (Fsp3) is 0.545. The third-order valence-corrected chi connectivity index (χ3v) is 5.77. The van der Waals surface area contributed by atoms with Crippen molar-refractivity contribution in [2.24, 2.45) is 5.92 Å². The van der Waals surface area contributed by atoms with E-state index in [1.54, 1.807) is 6.08 Å². The summed E-state index contributed by atoms with van der Waals surface area (Å²) in [4.78, 5) is 49.5. The van der Waals surface area contributed by atoms with Crippen LogP contribution in [0.3, 0.4) is 0 Å². The van der Waals surface area contributed by atoms with Crippen LogP contribution in [-0.4, -0.2) is 61.0 Å². The van der Waals surface area contributed by atoms with Gasteiger partial charge in [-0.15, -0.1) is 0 Å². The quantitative estimate of drug-likeness (QED) is 0.281. The van der Waals surface area contributed by atoms with Crippen molar-refractivity contribution in [3.8, 4) is 0 Å². The first kappa shape index (κ1) is 22.7. The number of allylic oxidation sites excluding steroid dienone is 1. The number of epoxide rings is 1. The largest absolute Gasteiger partial charge is 0.466 e. The zero-order valence-corrected chi connectivity index (χ0v) is 18.0. The molecule has 9 heteroatoms. The molecule has 2 aliphatic heterocycles. The molecule has 3 aliphatic rings. The highest BCUT2D eigenvalue weighted by Crippen LogP contribution is 2.50. The average Bonchev–Trinajstić information content (AvgIpc) is 3.28. The van der Waals surface area contributed by atoms with Crippen LogP contribution in [0.15, 0.2) is 36.0 Å². The maximum absolute atomic E-state index is 12.6. The fourth-order valence-electron chi connectivity index (χ4n) is 4.10. The lowest BCUT2D eigenvalue weighted by Gasteiger charge is -2.33. The number of hydrogen-bond donors (Lipinski definition) is 0. The summed E-state index contributed by atoms with van der Waals surface area (Å²) in [6, 6.07) is 0. The van der Waals surface area contributed by atoms with E-state index in [1.807, 2.05) is 6.92 Å². The van der Waals surface area contributed by atoms with Crippen molar-refractivity contribution in [1.82, 2.24) is 0 Å². The van der Waals surface area contributed by atoms with Gasteiger partial charge in [0.05, 0.1) is 24.2 Å². The second-order valence-corrected chi connectivity index (χ2v) is 8.14. The van der Waals surface area contributed by atoms with Crippen molar-refractivity contribution in [1.29, 1.82) is 0 Å². The maximum atomic E-state index is 12.6. The Morgan fingerprint density at radius 3 is 2.48 bits per heavy atom. The van der Waals surface area contributed by atoms with E-state index in [0.717, 1.165) is 6.92 Å². The van der Waals surface area contributed by atoms with Crippen LogP contribution in [0.1, 0.15) is 33.6 Å². The molecule has 0 N–H and O–H groups in total. The smallest absolute Gasteiger partial charge is 0.337 e. The molecule has 2 fully saturated rings. The zero-order chi connectivity index (χ0) is 23.1. The predicted octanol–water partition coefficient (Wildman–Crippen LogP) is 1.55. The van der Waals surface area contributed by atoms with E-state index in [2.05, 4.69) is 13.2 Å². The molecule has 0 radical (unpaired) electrons. The number of carbonyl (C=O) groups excluding carboxylic acids is 4. The zero-order valence-electron chi connectivity index (χ0n) is 18.0. The Morgan fingerprint density at radius 2 is 1.90 bits per heavy atom. The minimum Gasteiger partial charge on any atom is -0.466 e.